The lowest BCUT2D eigenvalue weighted by Crippen LogP contribution is -2.44. The molecule has 1 fully saturated rings. The third-order valence-electron chi connectivity index (χ3n) is 4.16. The van der Waals surface area contributed by atoms with E-state index in [0.717, 1.165) is 31.4 Å². The zero-order chi connectivity index (χ0) is 17.3. The van der Waals surface area contributed by atoms with Gasteiger partial charge in [0.25, 0.3) is 0 Å². The van der Waals surface area contributed by atoms with E-state index in [1.54, 1.807) is 4.90 Å². The molecule has 1 aromatic carbocycles. The second-order valence-electron chi connectivity index (χ2n) is 5.72. The van der Waals surface area contributed by atoms with Crippen molar-refractivity contribution in [3.8, 4) is 0 Å². The van der Waals surface area contributed by atoms with Gasteiger partial charge in [0.05, 0.1) is 15.4 Å². The molecule has 9 heteroatoms. The van der Waals surface area contributed by atoms with Gasteiger partial charge < -0.3 is 10.0 Å². The minimum absolute atomic E-state index is 0.105. The highest BCUT2D eigenvalue weighted by molar-refractivity contribution is 5.92. The second kappa shape index (κ2) is 6.19. The van der Waals surface area contributed by atoms with Crippen LogP contribution in [0.15, 0.2) is 12.1 Å². The van der Waals surface area contributed by atoms with Crippen LogP contribution >= 0.6 is 0 Å². The Balaban J connectivity index is 2.75. The molecular formula is C14H17N3O6. The third-order valence-corrected chi connectivity index (χ3v) is 4.16. The topological polar surface area (TPSA) is 127 Å². The molecule has 124 valence electrons. The molecule has 2 atom stereocenters. The number of benzene rings is 1. The van der Waals surface area contributed by atoms with Gasteiger partial charge in [0.1, 0.15) is 0 Å². The van der Waals surface area contributed by atoms with E-state index in [0.29, 0.717) is 0 Å². The smallest absolute Gasteiger partial charge is 0.336 e. The summed E-state index contributed by atoms with van der Waals surface area (Å²) in [6.45, 7) is 3.71. The van der Waals surface area contributed by atoms with Crippen LogP contribution in [0.3, 0.4) is 0 Å². The first kappa shape index (κ1) is 16.7. The molecule has 1 aliphatic rings. The van der Waals surface area contributed by atoms with Crippen LogP contribution in [-0.4, -0.2) is 33.0 Å². The number of anilines is 1. The summed E-state index contributed by atoms with van der Waals surface area (Å²) in [5.41, 5.74) is -1.66. The lowest BCUT2D eigenvalue weighted by atomic mass is 9.95. The molecule has 2 rings (SSSR count). The summed E-state index contributed by atoms with van der Waals surface area (Å²) >= 11 is 0. The Morgan fingerprint density at radius 3 is 1.91 bits per heavy atom. The predicted molar refractivity (Wildman–Crippen MR) is 82.0 cm³/mol. The maximum atomic E-state index is 11.4. The van der Waals surface area contributed by atoms with Gasteiger partial charge in [0, 0.05) is 24.2 Å². The average molecular weight is 323 g/mol. The van der Waals surface area contributed by atoms with Crippen molar-refractivity contribution in [3.05, 3.63) is 37.9 Å². The molecule has 0 aliphatic carbocycles. The molecule has 0 bridgehead atoms. The number of nitrogens with zero attached hydrogens (tertiary/aromatic N) is 3. The number of nitro benzene ring substituents is 2. The number of nitro groups is 2. The Labute approximate surface area is 131 Å². The quantitative estimate of drug-likeness (QED) is 0.666. The maximum absolute atomic E-state index is 11.4. The van der Waals surface area contributed by atoms with Crippen molar-refractivity contribution in [1.82, 2.24) is 0 Å². The van der Waals surface area contributed by atoms with E-state index in [4.69, 9.17) is 5.11 Å². The van der Waals surface area contributed by atoms with Gasteiger partial charge in [-0.3, -0.25) is 20.2 Å². The summed E-state index contributed by atoms with van der Waals surface area (Å²) in [5.74, 6) is -1.44. The van der Waals surface area contributed by atoms with E-state index in [9.17, 15) is 25.0 Å². The van der Waals surface area contributed by atoms with Crippen molar-refractivity contribution in [1.29, 1.82) is 0 Å². The largest absolute Gasteiger partial charge is 0.478 e. The summed E-state index contributed by atoms with van der Waals surface area (Å²) < 4.78 is 0. The summed E-state index contributed by atoms with van der Waals surface area (Å²) in [6, 6.07) is 1.57. The van der Waals surface area contributed by atoms with Crippen LogP contribution in [0.25, 0.3) is 0 Å². The molecule has 9 nitrogen and oxygen atoms in total. The van der Waals surface area contributed by atoms with Gasteiger partial charge in [-0.2, -0.15) is 0 Å². The minimum Gasteiger partial charge on any atom is -0.478 e. The highest BCUT2D eigenvalue weighted by Crippen LogP contribution is 2.43. The molecule has 0 amide bonds. The van der Waals surface area contributed by atoms with Gasteiger partial charge in [-0.15, -0.1) is 0 Å². The first-order chi connectivity index (χ1) is 10.7. The fraction of sp³-hybridized carbons (Fsp3) is 0.500. The number of carboxylic acid groups (broad SMARTS) is 1. The van der Waals surface area contributed by atoms with E-state index in [2.05, 4.69) is 0 Å². The number of hydrogen-bond acceptors (Lipinski definition) is 6. The summed E-state index contributed by atoms with van der Waals surface area (Å²) in [4.78, 5) is 34.0. The minimum atomic E-state index is -1.44. The first-order valence-electron chi connectivity index (χ1n) is 7.22. The van der Waals surface area contributed by atoms with E-state index in [1.807, 2.05) is 13.8 Å². The van der Waals surface area contributed by atoms with Crippen molar-refractivity contribution in [2.75, 3.05) is 4.90 Å². The second-order valence-corrected chi connectivity index (χ2v) is 5.72. The van der Waals surface area contributed by atoms with Crippen molar-refractivity contribution in [3.63, 3.8) is 0 Å². The molecule has 2 unspecified atom stereocenters. The van der Waals surface area contributed by atoms with Crippen molar-refractivity contribution in [2.45, 2.75) is 45.2 Å². The molecule has 1 saturated heterocycles. The molecular weight excluding hydrogens is 306 g/mol. The molecule has 1 N–H and O–H groups in total. The Kier molecular flexibility index (Phi) is 4.48. The molecule has 1 heterocycles. The van der Waals surface area contributed by atoms with Crippen molar-refractivity contribution < 1.29 is 19.7 Å². The molecule has 23 heavy (non-hydrogen) atoms. The van der Waals surface area contributed by atoms with Gasteiger partial charge in [-0.05, 0) is 33.1 Å². The van der Waals surface area contributed by atoms with Crippen LogP contribution in [0.5, 0.6) is 0 Å². The predicted octanol–water partition coefficient (Wildman–Crippen LogP) is 2.97. The average Bonchev–Trinajstić information content (AvgIpc) is 2.46. The van der Waals surface area contributed by atoms with E-state index >= 15 is 0 Å². The van der Waals surface area contributed by atoms with E-state index in [1.165, 1.54) is 0 Å². The van der Waals surface area contributed by atoms with Crippen molar-refractivity contribution in [2.24, 2.45) is 0 Å². The van der Waals surface area contributed by atoms with Gasteiger partial charge in [-0.1, -0.05) is 0 Å². The van der Waals surface area contributed by atoms with Gasteiger partial charge in [0.2, 0.25) is 0 Å². The molecule has 0 aromatic heterocycles. The molecule has 0 saturated carbocycles. The Morgan fingerprint density at radius 1 is 1.13 bits per heavy atom. The summed E-state index contributed by atoms with van der Waals surface area (Å²) in [5, 5.41) is 31.8. The lowest BCUT2D eigenvalue weighted by molar-refractivity contribution is -0.392. The zero-order valence-electron chi connectivity index (χ0n) is 12.8. The monoisotopic (exact) mass is 323 g/mol. The summed E-state index contributed by atoms with van der Waals surface area (Å²) in [7, 11) is 0. The standard InChI is InChI=1S/C14H17N3O6/c1-8-4-3-5-9(2)15(8)13-11(16(20)21)6-10(14(18)19)7-12(13)17(22)23/h6-9H,3-5H2,1-2H3,(H,18,19). The zero-order valence-corrected chi connectivity index (χ0v) is 12.8. The van der Waals surface area contributed by atoms with Crippen LogP contribution < -0.4 is 4.90 Å². The molecule has 1 aromatic rings. The normalized spacial score (nSPS) is 21.0. The number of aromatic carboxylic acids is 1. The highest BCUT2D eigenvalue weighted by Gasteiger charge is 2.37. The molecule has 0 radical (unpaired) electrons. The maximum Gasteiger partial charge on any atom is 0.336 e. The first-order valence-corrected chi connectivity index (χ1v) is 7.22. The number of carbonyl (C=O) groups is 1. The van der Waals surface area contributed by atoms with Crippen LogP contribution in [0.4, 0.5) is 17.1 Å². The number of piperidine rings is 1. The van der Waals surface area contributed by atoms with Crippen LogP contribution in [0, 0.1) is 20.2 Å². The van der Waals surface area contributed by atoms with Gasteiger partial charge >= 0.3 is 17.3 Å². The Hall–Kier alpha value is -2.71. The summed E-state index contributed by atoms with van der Waals surface area (Å²) in [6.07, 6.45) is 2.46. The number of rotatable bonds is 4. The van der Waals surface area contributed by atoms with Crippen LogP contribution in [0.1, 0.15) is 43.5 Å². The SMILES string of the molecule is CC1CCCC(C)N1c1c([N+](=O)[O-])cc(C(=O)O)cc1[N+](=O)[O-]. The lowest BCUT2D eigenvalue weighted by Gasteiger charge is -2.40. The fourth-order valence-electron chi connectivity index (χ4n) is 3.13. The van der Waals surface area contributed by atoms with Gasteiger partial charge in [-0.25, -0.2) is 4.79 Å². The highest BCUT2D eigenvalue weighted by atomic mass is 16.6. The number of hydrogen-bond donors (Lipinski definition) is 1. The Morgan fingerprint density at radius 2 is 1.57 bits per heavy atom. The van der Waals surface area contributed by atoms with E-state index < -0.39 is 32.8 Å². The third kappa shape index (κ3) is 3.08. The Bertz CT molecular complexity index is 629. The van der Waals surface area contributed by atoms with Crippen LogP contribution in [-0.2, 0) is 0 Å². The fourth-order valence-corrected chi connectivity index (χ4v) is 3.13. The van der Waals surface area contributed by atoms with E-state index in [-0.39, 0.29) is 17.8 Å². The van der Waals surface area contributed by atoms with Crippen LogP contribution in [0.2, 0.25) is 0 Å². The van der Waals surface area contributed by atoms with Gasteiger partial charge in [0.15, 0.2) is 5.69 Å². The van der Waals surface area contributed by atoms with Crippen molar-refractivity contribution >= 4 is 23.0 Å². The molecule has 0 spiro atoms. The molecule has 1 aliphatic heterocycles. The number of carboxylic acids is 1.